The van der Waals surface area contributed by atoms with Gasteiger partial charge in [-0.15, -0.1) is 0 Å². The quantitative estimate of drug-likeness (QED) is 0.526. The number of aliphatic hydroxyl groups is 2. The molecule has 2 saturated heterocycles. The Bertz CT molecular complexity index is 992. The van der Waals surface area contributed by atoms with Gasteiger partial charge >= 0.3 is 41.7 Å². The first kappa shape index (κ1) is 38.6. The number of likely N-dealkylation sites (tertiary alicyclic amines) is 2. The van der Waals surface area contributed by atoms with Crippen molar-refractivity contribution < 1.29 is 65.1 Å². The number of ketones is 1. The summed E-state index contributed by atoms with van der Waals surface area (Å²) in [7, 11) is 0. The summed E-state index contributed by atoms with van der Waals surface area (Å²) >= 11 is 0. The number of Topliss-reactive ketones (excluding diaryl/α,β-unsaturated/α-hetero) is 1. The Labute approximate surface area is 269 Å². The fourth-order valence-electron chi connectivity index (χ4n) is 4.03. The number of ether oxygens (including phenoxy) is 2. The standard InChI is InChI=1S/C14H19NO3.C14H17NO3.C2H6O.B.Na.H/c2*16-13-7-4-9-15(10-8-13)14(17)18-11-12-5-2-1-3-6-12;1-2-3;;;/h1-3,5-6,13,16H,4,7-11H2;1-3,5-6H,4,7-11H2;3H,2H2,1H3;;;/q;;;;+1;-1. The smallest absolute Gasteiger partial charge is 1.00 e. The number of nitrogens with zero attached hydrogens (tertiary/aromatic N) is 2. The Morgan fingerprint density at radius 2 is 1.27 bits per heavy atom. The van der Waals surface area contributed by atoms with Crippen LogP contribution in [-0.4, -0.2) is 85.3 Å². The van der Waals surface area contributed by atoms with Crippen LogP contribution in [0.1, 0.15) is 58.0 Å². The van der Waals surface area contributed by atoms with Crippen molar-refractivity contribution in [3.8, 4) is 0 Å². The summed E-state index contributed by atoms with van der Waals surface area (Å²) in [6.45, 7) is 4.86. The molecule has 4 rings (SSSR count). The average Bonchev–Trinajstić information content (AvgIpc) is 3.32. The molecule has 219 valence electrons. The molecule has 0 saturated carbocycles. The largest absolute Gasteiger partial charge is 1.00 e. The van der Waals surface area contributed by atoms with Gasteiger partial charge in [0.1, 0.15) is 19.0 Å². The Morgan fingerprint density at radius 1 is 0.805 bits per heavy atom. The monoisotopic (exact) mass is 577 g/mol. The summed E-state index contributed by atoms with van der Waals surface area (Å²) < 4.78 is 10.5. The molecule has 2 amide bonds. The molecule has 3 radical (unpaired) electrons. The molecule has 2 aromatic carbocycles. The van der Waals surface area contributed by atoms with E-state index >= 15 is 0 Å². The van der Waals surface area contributed by atoms with Crippen LogP contribution in [0, 0.1) is 0 Å². The zero-order valence-corrected chi connectivity index (χ0v) is 26.5. The molecule has 2 aliphatic rings. The molecule has 1 unspecified atom stereocenters. The minimum Gasteiger partial charge on any atom is -1.00 e. The van der Waals surface area contributed by atoms with Gasteiger partial charge in [-0.1, -0.05) is 60.7 Å². The number of amides is 2. The first-order chi connectivity index (χ1) is 18.9. The van der Waals surface area contributed by atoms with Gasteiger partial charge in [0, 0.05) is 54.0 Å². The van der Waals surface area contributed by atoms with Gasteiger partial charge in [0.25, 0.3) is 0 Å². The van der Waals surface area contributed by atoms with Gasteiger partial charge in [-0.2, -0.15) is 0 Å². The summed E-state index contributed by atoms with van der Waals surface area (Å²) in [6.07, 6.45) is 3.10. The molecular formula is C30H43BN2NaO7. The predicted molar refractivity (Wildman–Crippen MR) is 155 cm³/mol. The molecule has 41 heavy (non-hydrogen) atoms. The Hall–Kier alpha value is -2.37. The van der Waals surface area contributed by atoms with Crippen molar-refractivity contribution in [1.29, 1.82) is 0 Å². The molecule has 2 heterocycles. The van der Waals surface area contributed by atoms with E-state index in [0.29, 0.717) is 52.0 Å². The Balaban J connectivity index is 0. The van der Waals surface area contributed by atoms with E-state index in [-0.39, 0.29) is 76.7 Å². The fourth-order valence-corrected chi connectivity index (χ4v) is 4.03. The maximum Gasteiger partial charge on any atom is 1.00 e. The molecule has 0 aromatic heterocycles. The SMILES string of the molecule is CCO.O=C(OCc1ccccc1)N1CCCC(O)CC1.O=C1CCCN(C(=O)OCc2ccccc2)CC1.[B].[H-].[Na+]. The van der Waals surface area contributed by atoms with E-state index in [1.165, 1.54) is 0 Å². The van der Waals surface area contributed by atoms with Gasteiger partial charge in [-0.25, -0.2) is 9.59 Å². The molecule has 0 aliphatic carbocycles. The topological polar surface area (TPSA) is 117 Å². The number of hydrogen-bond acceptors (Lipinski definition) is 7. The summed E-state index contributed by atoms with van der Waals surface area (Å²) in [4.78, 5) is 38.2. The van der Waals surface area contributed by atoms with Crippen LogP contribution in [0.15, 0.2) is 60.7 Å². The van der Waals surface area contributed by atoms with Gasteiger partial charge in [-0.05, 0) is 43.7 Å². The maximum absolute atomic E-state index is 11.9. The maximum atomic E-state index is 11.9. The number of rotatable bonds is 4. The summed E-state index contributed by atoms with van der Waals surface area (Å²) in [5.41, 5.74) is 1.96. The van der Waals surface area contributed by atoms with Crippen molar-refractivity contribution in [2.45, 2.75) is 64.8 Å². The second-order valence-electron chi connectivity index (χ2n) is 9.35. The minimum atomic E-state index is -0.325. The summed E-state index contributed by atoms with van der Waals surface area (Å²) in [6, 6.07) is 19.2. The normalized spacial score (nSPS) is 16.5. The number of aliphatic hydroxyl groups excluding tert-OH is 2. The van der Waals surface area contributed by atoms with Crippen LogP contribution in [0.25, 0.3) is 0 Å². The van der Waals surface area contributed by atoms with Crippen molar-refractivity contribution in [1.82, 2.24) is 9.80 Å². The van der Waals surface area contributed by atoms with Crippen LogP contribution in [-0.2, 0) is 27.5 Å². The number of benzene rings is 2. The van der Waals surface area contributed by atoms with Gasteiger partial charge < -0.3 is 30.9 Å². The molecule has 2 aromatic rings. The zero-order valence-electron chi connectivity index (χ0n) is 25.5. The minimum absolute atomic E-state index is 0. The van der Waals surface area contributed by atoms with Crippen LogP contribution in [0.2, 0.25) is 0 Å². The van der Waals surface area contributed by atoms with E-state index in [1.54, 1.807) is 16.7 Å². The van der Waals surface area contributed by atoms with Gasteiger partial charge in [-0.3, -0.25) is 4.79 Å². The molecule has 9 nitrogen and oxygen atoms in total. The predicted octanol–water partition coefficient (Wildman–Crippen LogP) is 1.28. The van der Waals surface area contributed by atoms with Crippen LogP contribution in [0.3, 0.4) is 0 Å². The summed E-state index contributed by atoms with van der Waals surface area (Å²) in [5, 5.41) is 17.1. The molecule has 0 bridgehead atoms. The number of carbonyl (C=O) groups is 3. The average molecular weight is 577 g/mol. The third-order valence-electron chi connectivity index (χ3n) is 6.17. The fraction of sp³-hybridized carbons (Fsp3) is 0.500. The third kappa shape index (κ3) is 16.6. The first-order valence-corrected chi connectivity index (χ1v) is 13.6. The molecule has 2 fully saturated rings. The van der Waals surface area contributed by atoms with Crippen molar-refractivity contribution >= 4 is 26.4 Å². The third-order valence-corrected chi connectivity index (χ3v) is 6.17. The Morgan fingerprint density at radius 3 is 1.78 bits per heavy atom. The molecule has 2 aliphatic heterocycles. The van der Waals surface area contributed by atoms with Crippen LogP contribution in [0.4, 0.5) is 9.59 Å². The second-order valence-corrected chi connectivity index (χ2v) is 9.35. The van der Waals surface area contributed by atoms with E-state index < -0.39 is 0 Å². The molecule has 0 spiro atoms. The summed E-state index contributed by atoms with van der Waals surface area (Å²) in [5.74, 6) is 0.230. The van der Waals surface area contributed by atoms with Gasteiger partial charge in [0.15, 0.2) is 0 Å². The number of hydrogen-bond donors (Lipinski definition) is 2. The second kappa shape index (κ2) is 23.2. The first-order valence-electron chi connectivity index (χ1n) is 13.6. The molecule has 11 heteroatoms. The van der Waals surface area contributed by atoms with Gasteiger partial charge in [0.05, 0.1) is 6.10 Å². The van der Waals surface area contributed by atoms with E-state index in [0.717, 1.165) is 30.4 Å². The van der Waals surface area contributed by atoms with Crippen molar-refractivity contribution in [3.05, 3.63) is 71.8 Å². The van der Waals surface area contributed by atoms with Crippen LogP contribution >= 0.6 is 0 Å². The van der Waals surface area contributed by atoms with Gasteiger partial charge in [0.2, 0.25) is 0 Å². The van der Waals surface area contributed by atoms with E-state index in [4.69, 9.17) is 14.6 Å². The van der Waals surface area contributed by atoms with Crippen molar-refractivity contribution in [2.75, 3.05) is 32.8 Å². The van der Waals surface area contributed by atoms with Crippen molar-refractivity contribution in [2.24, 2.45) is 0 Å². The van der Waals surface area contributed by atoms with Crippen LogP contribution in [0.5, 0.6) is 0 Å². The Kier molecular flexibility index (Phi) is 21.9. The van der Waals surface area contributed by atoms with E-state index in [2.05, 4.69) is 0 Å². The molecule has 2 N–H and O–H groups in total. The van der Waals surface area contributed by atoms with Crippen LogP contribution < -0.4 is 29.6 Å². The zero-order chi connectivity index (χ0) is 28.3. The molecule has 1 atom stereocenters. The number of carbonyl (C=O) groups excluding carboxylic acids is 3. The van der Waals surface area contributed by atoms with E-state index in [9.17, 15) is 19.5 Å². The molecular weight excluding hydrogens is 534 g/mol. The van der Waals surface area contributed by atoms with E-state index in [1.807, 2.05) is 60.7 Å². The van der Waals surface area contributed by atoms with Crippen molar-refractivity contribution in [3.63, 3.8) is 0 Å².